The Morgan fingerprint density at radius 3 is 3.05 bits per heavy atom. The minimum Gasteiger partial charge on any atom is -0.312 e. The Kier molecular flexibility index (Phi) is 3.97. The summed E-state index contributed by atoms with van der Waals surface area (Å²) in [5.41, 5.74) is 3.28. The molecular formula is C16H18ClN3O. The number of carbonyl (C=O) groups excluding carboxylic acids is 1. The van der Waals surface area contributed by atoms with Crippen molar-refractivity contribution in [2.75, 3.05) is 11.4 Å². The fourth-order valence-corrected chi connectivity index (χ4v) is 2.95. The molecule has 1 aromatic heterocycles. The van der Waals surface area contributed by atoms with Crippen molar-refractivity contribution in [2.45, 2.75) is 32.7 Å². The summed E-state index contributed by atoms with van der Waals surface area (Å²) >= 11 is 6.03. The van der Waals surface area contributed by atoms with Crippen molar-refractivity contribution in [3.63, 3.8) is 0 Å². The first-order chi connectivity index (χ1) is 10.1. The Morgan fingerprint density at radius 1 is 1.43 bits per heavy atom. The number of aromatic nitrogens is 2. The van der Waals surface area contributed by atoms with E-state index in [1.54, 1.807) is 0 Å². The monoisotopic (exact) mass is 303 g/mol. The van der Waals surface area contributed by atoms with Crippen LogP contribution in [0.5, 0.6) is 0 Å². The number of rotatable bonds is 3. The molecule has 1 aromatic carbocycles. The second kappa shape index (κ2) is 5.90. The predicted octanol–water partition coefficient (Wildman–Crippen LogP) is 3.21. The lowest BCUT2D eigenvalue weighted by molar-refractivity contribution is -0.119. The number of amides is 1. The SMILES string of the molecule is Cc1cnn(CCC(=O)N2CCCc3cc(Cl)ccc32)c1. The smallest absolute Gasteiger partial charge is 0.228 e. The Morgan fingerprint density at radius 2 is 2.29 bits per heavy atom. The molecule has 3 rings (SSSR count). The van der Waals surface area contributed by atoms with Gasteiger partial charge in [0.05, 0.1) is 6.20 Å². The summed E-state index contributed by atoms with van der Waals surface area (Å²) in [7, 11) is 0. The van der Waals surface area contributed by atoms with Crippen LogP contribution in [-0.4, -0.2) is 22.2 Å². The number of benzene rings is 1. The molecule has 0 radical (unpaired) electrons. The number of nitrogens with zero attached hydrogens (tertiary/aromatic N) is 3. The van der Waals surface area contributed by atoms with Crippen molar-refractivity contribution < 1.29 is 4.79 Å². The summed E-state index contributed by atoms with van der Waals surface area (Å²) < 4.78 is 1.82. The van der Waals surface area contributed by atoms with Gasteiger partial charge in [-0.25, -0.2) is 0 Å². The van der Waals surface area contributed by atoms with Gasteiger partial charge in [0.1, 0.15) is 0 Å². The summed E-state index contributed by atoms with van der Waals surface area (Å²) in [6.07, 6.45) is 6.20. The van der Waals surface area contributed by atoms with Crippen molar-refractivity contribution in [1.29, 1.82) is 0 Å². The fraction of sp³-hybridized carbons (Fsp3) is 0.375. The van der Waals surface area contributed by atoms with Crippen LogP contribution in [0.3, 0.4) is 0 Å². The van der Waals surface area contributed by atoms with Gasteiger partial charge in [-0.15, -0.1) is 0 Å². The lowest BCUT2D eigenvalue weighted by Gasteiger charge is -2.29. The van der Waals surface area contributed by atoms with E-state index in [1.165, 1.54) is 0 Å². The van der Waals surface area contributed by atoms with Gasteiger partial charge in [0.25, 0.3) is 0 Å². The first-order valence-corrected chi connectivity index (χ1v) is 7.59. The van der Waals surface area contributed by atoms with E-state index >= 15 is 0 Å². The van der Waals surface area contributed by atoms with Crippen molar-refractivity contribution in [3.05, 3.63) is 46.7 Å². The van der Waals surface area contributed by atoms with Crippen LogP contribution in [0.2, 0.25) is 5.02 Å². The summed E-state index contributed by atoms with van der Waals surface area (Å²) in [5.74, 6) is 0.145. The molecule has 21 heavy (non-hydrogen) atoms. The molecule has 2 aromatic rings. The quantitative estimate of drug-likeness (QED) is 0.873. The average molecular weight is 304 g/mol. The summed E-state index contributed by atoms with van der Waals surface area (Å²) in [5, 5.41) is 4.95. The predicted molar refractivity (Wildman–Crippen MR) is 83.7 cm³/mol. The van der Waals surface area contributed by atoms with Gasteiger partial charge in [-0.2, -0.15) is 5.10 Å². The van der Waals surface area contributed by atoms with E-state index in [0.717, 1.165) is 41.2 Å². The summed E-state index contributed by atoms with van der Waals surface area (Å²) in [6, 6.07) is 5.77. The van der Waals surface area contributed by atoms with Crippen LogP contribution in [0.4, 0.5) is 5.69 Å². The van der Waals surface area contributed by atoms with Crippen LogP contribution in [-0.2, 0) is 17.8 Å². The highest BCUT2D eigenvalue weighted by atomic mass is 35.5. The van der Waals surface area contributed by atoms with E-state index in [9.17, 15) is 4.79 Å². The molecule has 1 aliphatic rings. The van der Waals surface area contributed by atoms with Gasteiger partial charge < -0.3 is 4.90 Å². The van der Waals surface area contributed by atoms with Gasteiger partial charge >= 0.3 is 0 Å². The fourth-order valence-electron chi connectivity index (χ4n) is 2.76. The number of halogens is 1. The first kappa shape index (κ1) is 14.1. The van der Waals surface area contributed by atoms with Gasteiger partial charge in [-0.05, 0) is 49.1 Å². The third-order valence-corrected chi connectivity index (χ3v) is 4.01. The normalized spacial score (nSPS) is 14.1. The number of fused-ring (bicyclic) bond motifs is 1. The Hall–Kier alpha value is -1.81. The minimum atomic E-state index is 0.145. The van der Waals surface area contributed by atoms with E-state index in [2.05, 4.69) is 5.10 Å². The zero-order valence-electron chi connectivity index (χ0n) is 12.1. The summed E-state index contributed by atoms with van der Waals surface area (Å²) in [4.78, 5) is 14.4. The van der Waals surface area contributed by atoms with Crippen molar-refractivity contribution in [3.8, 4) is 0 Å². The Balaban J connectivity index is 1.71. The first-order valence-electron chi connectivity index (χ1n) is 7.21. The van der Waals surface area contributed by atoms with E-state index in [0.29, 0.717) is 13.0 Å². The van der Waals surface area contributed by atoms with Crippen LogP contribution in [0, 0.1) is 6.92 Å². The van der Waals surface area contributed by atoms with Gasteiger partial charge in [0.2, 0.25) is 5.91 Å². The molecule has 2 heterocycles. The molecule has 0 unspecified atom stereocenters. The molecule has 110 valence electrons. The minimum absolute atomic E-state index is 0.145. The van der Waals surface area contributed by atoms with Crippen molar-refractivity contribution in [2.24, 2.45) is 0 Å². The van der Waals surface area contributed by atoms with E-state index in [1.807, 2.05) is 47.1 Å². The molecule has 0 saturated carbocycles. The zero-order valence-corrected chi connectivity index (χ0v) is 12.8. The number of hydrogen-bond donors (Lipinski definition) is 0. The third kappa shape index (κ3) is 3.10. The van der Waals surface area contributed by atoms with Crippen LogP contribution in [0.15, 0.2) is 30.6 Å². The van der Waals surface area contributed by atoms with Crippen LogP contribution in [0.1, 0.15) is 24.0 Å². The zero-order chi connectivity index (χ0) is 14.8. The number of anilines is 1. The van der Waals surface area contributed by atoms with Crippen LogP contribution < -0.4 is 4.90 Å². The van der Waals surface area contributed by atoms with Crippen molar-refractivity contribution >= 4 is 23.2 Å². The maximum absolute atomic E-state index is 12.5. The van der Waals surface area contributed by atoms with Crippen LogP contribution in [0.25, 0.3) is 0 Å². The number of carbonyl (C=O) groups is 1. The molecule has 0 spiro atoms. The van der Waals surface area contributed by atoms with Gasteiger partial charge in [-0.3, -0.25) is 9.48 Å². The third-order valence-electron chi connectivity index (χ3n) is 3.78. The topological polar surface area (TPSA) is 38.1 Å². The van der Waals surface area contributed by atoms with Gasteiger partial charge in [-0.1, -0.05) is 11.6 Å². The largest absolute Gasteiger partial charge is 0.312 e. The summed E-state index contributed by atoms with van der Waals surface area (Å²) in [6.45, 7) is 3.40. The molecule has 0 fully saturated rings. The van der Waals surface area contributed by atoms with E-state index in [-0.39, 0.29) is 5.91 Å². The molecular weight excluding hydrogens is 286 g/mol. The maximum Gasteiger partial charge on any atom is 0.228 e. The Bertz CT molecular complexity index is 665. The standard InChI is InChI=1S/C16H18ClN3O/c1-12-10-18-19(11-12)8-6-16(21)20-7-2-3-13-9-14(17)4-5-15(13)20/h4-5,9-11H,2-3,6-8H2,1H3. The lowest BCUT2D eigenvalue weighted by atomic mass is 10.0. The van der Waals surface area contributed by atoms with E-state index in [4.69, 9.17) is 11.6 Å². The molecule has 4 nitrogen and oxygen atoms in total. The molecule has 1 amide bonds. The second-order valence-electron chi connectivity index (χ2n) is 5.45. The lowest BCUT2D eigenvalue weighted by Crippen LogP contribution is -2.35. The molecule has 0 saturated heterocycles. The maximum atomic E-state index is 12.5. The molecule has 0 atom stereocenters. The highest BCUT2D eigenvalue weighted by Crippen LogP contribution is 2.30. The number of hydrogen-bond acceptors (Lipinski definition) is 2. The highest BCUT2D eigenvalue weighted by Gasteiger charge is 2.22. The van der Waals surface area contributed by atoms with Gasteiger partial charge in [0.15, 0.2) is 0 Å². The Labute approximate surface area is 129 Å². The molecule has 0 aliphatic carbocycles. The molecule has 5 heteroatoms. The highest BCUT2D eigenvalue weighted by molar-refractivity contribution is 6.30. The van der Waals surface area contributed by atoms with Crippen molar-refractivity contribution in [1.82, 2.24) is 9.78 Å². The number of aryl methyl sites for hydroxylation is 3. The van der Waals surface area contributed by atoms with E-state index < -0.39 is 0 Å². The average Bonchev–Trinajstić information content (AvgIpc) is 2.89. The molecule has 0 N–H and O–H groups in total. The second-order valence-corrected chi connectivity index (χ2v) is 5.89. The molecule has 0 bridgehead atoms. The van der Waals surface area contributed by atoms with Crippen LogP contribution >= 0.6 is 11.6 Å². The van der Waals surface area contributed by atoms with Gasteiger partial charge in [0, 0.05) is 36.4 Å². The molecule has 1 aliphatic heterocycles.